The summed E-state index contributed by atoms with van der Waals surface area (Å²) < 4.78 is 0. The van der Waals surface area contributed by atoms with Crippen LogP contribution in [0.5, 0.6) is 0 Å². The summed E-state index contributed by atoms with van der Waals surface area (Å²) in [5, 5.41) is 11.7. The number of carbonyl (C=O) groups is 5. The predicted molar refractivity (Wildman–Crippen MR) is 179 cm³/mol. The summed E-state index contributed by atoms with van der Waals surface area (Å²) in [7, 11) is 4.89. The molecule has 6 unspecified atom stereocenters. The number of nitrogens with zero attached hydrogens (tertiary/aromatic N) is 3. The molecule has 2 amide bonds. The number of allylic oxidation sites excluding steroid dienone is 2. The Labute approximate surface area is 273 Å². The van der Waals surface area contributed by atoms with Gasteiger partial charge in [-0.1, -0.05) is 69.2 Å². The zero-order valence-corrected chi connectivity index (χ0v) is 30.8. The summed E-state index contributed by atoms with van der Waals surface area (Å²) in [6.07, 6.45) is -1.30. The highest BCUT2D eigenvalue weighted by Crippen LogP contribution is 2.32. The summed E-state index contributed by atoms with van der Waals surface area (Å²) >= 11 is 0. The second-order valence-electron chi connectivity index (χ2n) is 15.2. The van der Waals surface area contributed by atoms with Gasteiger partial charge in [-0.25, -0.2) is 0 Å². The molecule has 6 atom stereocenters. The van der Waals surface area contributed by atoms with Crippen molar-refractivity contribution in [3.63, 3.8) is 0 Å². The first kappa shape index (κ1) is 40.5. The summed E-state index contributed by atoms with van der Waals surface area (Å²) in [6.45, 7) is 22.5. The summed E-state index contributed by atoms with van der Waals surface area (Å²) in [5.41, 5.74) is 1.00. The lowest BCUT2D eigenvalue weighted by molar-refractivity contribution is -0.149. The van der Waals surface area contributed by atoms with Crippen molar-refractivity contribution < 1.29 is 29.1 Å². The van der Waals surface area contributed by atoms with Gasteiger partial charge in [-0.3, -0.25) is 24.0 Å². The molecule has 1 aliphatic heterocycles. The van der Waals surface area contributed by atoms with Crippen LogP contribution in [-0.2, 0) is 24.0 Å². The minimum Gasteiger partial charge on any atom is -0.373 e. The molecule has 0 aromatic rings. The van der Waals surface area contributed by atoms with Crippen molar-refractivity contribution >= 4 is 29.2 Å². The van der Waals surface area contributed by atoms with E-state index >= 15 is 0 Å². The molecule has 1 N–H and O–H groups in total. The molecule has 1 saturated heterocycles. The highest BCUT2D eigenvalue weighted by Gasteiger charge is 2.42. The lowest BCUT2D eigenvalue weighted by Gasteiger charge is -2.39. The molecule has 0 saturated carbocycles. The van der Waals surface area contributed by atoms with Gasteiger partial charge in [0.25, 0.3) is 0 Å². The van der Waals surface area contributed by atoms with E-state index in [2.05, 4.69) is 0 Å². The molecule has 1 fully saturated rings. The van der Waals surface area contributed by atoms with Crippen molar-refractivity contribution in [3.05, 3.63) is 11.3 Å². The van der Waals surface area contributed by atoms with Crippen LogP contribution in [0.4, 0.5) is 0 Å². The quantitative estimate of drug-likeness (QED) is 0.414. The average molecular weight is 634 g/mol. The van der Waals surface area contributed by atoms with Gasteiger partial charge in [0.1, 0.15) is 6.23 Å². The third-order valence-electron chi connectivity index (χ3n) is 9.69. The van der Waals surface area contributed by atoms with Gasteiger partial charge >= 0.3 is 0 Å². The van der Waals surface area contributed by atoms with E-state index in [1.54, 1.807) is 39.9 Å². The molecule has 0 radical (unpaired) electrons. The lowest BCUT2D eigenvalue weighted by Crippen LogP contribution is -2.53. The maximum Gasteiger partial charge on any atom is 0.226 e. The van der Waals surface area contributed by atoms with Crippen LogP contribution in [0.25, 0.3) is 0 Å². The Bertz CT molecular complexity index is 1100. The highest BCUT2D eigenvalue weighted by atomic mass is 16.3. The zero-order valence-electron chi connectivity index (χ0n) is 30.8. The third-order valence-corrected chi connectivity index (χ3v) is 9.69. The highest BCUT2D eigenvalue weighted by molar-refractivity contribution is 5.99. The van der Waals surface area contributed by atoms with Crippen LogP contribution >= 0.6 is 0 Å². The van der Waals surface area contributed by atoms with E-state index in [9.17, 15) is 29.1 Å². The van der Waals surface area contributed by atoms with E-state index < -0.39 is 36.1 Å². The summed E-state index contributed by atoms with van der Waals surface area (Å²) in [5.74, 6) is -4.07. The Morgan fingerprint density at radius 2 is 0.956 bits per heavy atom. The second-order valence-corrected chi connectivity index (χ2v) is 15.2. The van der Waals surface area contributed by atoms with Gasteiger partial charge in [0, 0.05) is 58.2 Å². The van der Waals surface area contributed by atoms with Crippen molar-refractivity contribution in [2.45, 2.75) is 121 Å². The van der Waals surface area contributed by atoms with E-state index in [-0.39, 0.29) is 78.0 Å². The van der Waals surface area contributed by atoms with Gasteiger partial charge in [0.15, 0.2) is 17.3 Å². The van der Waals surface area contributed by atoms with Crippen LogP contribution in [0.15, 0.2) is 11.3 Å². The van der Waals surface area contributed by atoms with E-state index in [4.69, 9.17) is 0 Å². The Hall–Kier alpha value is -2.55. The van der Waals surface area contributed by atoms with E-state index in [1.165, 1.54) is 9.80 Å². The number of aliphatic hydroxyl groups is 1. The molecule has 0 bridgehead atoms. The molecule has 0 aromatic carbocycles. The Kier molecular flexibility index (Phi) is 15.2. The monoisotopic (exact) mass is 633 g/mol. The van der Waals surface area contributed by atoms with Gasteiger partial charge in [-0.05, 0) is 49.0 Å². The minimum atomic E-state index is -1.15. The average Bonchev–Trinajstić information content (AvgIpc) is 2.90. The fourth-order valence-electron chi connectivity index (χ4n) is 7.00. The number of Topliss-reactive ketones (excluding diaryl/α,β-unsaturated/α-hetero) is 3. The Balaban J connectivity index is 3.96. The van der Waals surface area contributed by atoms with Crippen LogP contribution < -0.4 is 0 Å². The smallest absolute Gasteiger partial charge is 0.226 e. The van der Waals surface area contributed by atoms with Gasteiger partial charge in [0.2, 0.25) is 11.8 Å². The Morgan fingerprint density at radius 1 is 0.578 bits per heavy atom. The molecule has 9 heteroatoms. The molecule has 1 rings (SSSR count). The molecule has 0 aromatic heterocycles. The number of ketones is 3. The molecule has 9 nitrogen and oxygen atoms in total. The maximum atomic E-state index is 14.1. The number of rotatable bonds is 5. The van der Waals surface area contributed by atoms with Crippen molar-refractivity contribution in [2.24, 2.45) is 47.3 Å². The van der Waals surface area contributed by atoms with Crippen molar-refractivity contribution in [2.75, 3.05) is 21.1 Å². The third kappa shape index (κ3) is 9.72. The summed E-state index contributed by atoms with van der Waals surface area (Å²) in [6, 6.07) is -1.54. The topological polar surface area (TPSA) is 115 Å². The van der Waals surface area contributed by atoms with Crippen LogP contribution in [0, 0.1) is 47.3 Å². The van der Waals surface area contributed by atoms with E-state index in [0.29, 0.717) is 11.3 Å². The molecule has 45 heavy (non-hydrogen) atoms. The fourth-order valence-corrected chi connectivity index (χ4v) is 7.00. The SMILES string of the molecule is CC(C)=C1C(=O)CC(C(C)C)C(=O)N(C)C(C(C)C)C(=O)CC(C(C)C)C(=O)N(C)C(C(C)C)C(=O)CC(C(C)C)C(O)N1C. The Morgan fingerprint density at radius 3 is 1.29 bits per heavy atom. The largest absolute Gasteiger partial charge is 0.373 e. The number of aliphatic hydroxyl groups excluding tert-OH is 1. The minimum absolute atomic E-state index is 0.00642. The van der Waals surface area contributed by atoms with E-state index in [1.807, 2.05) is 69.2 Å². The normalized spacial score (nSPS) is 27.9. The summed E-state index contributed by atoms with van der Waals surface area (Å²) in [4.78, 5) is 74.6. The van der Waals surface area contributed by atoms with Crippen LogP contribution in [0.1, 0.15) is 102 Å². The number of likely N-dealkylation sites (N-methyl/N-ethyl adjacent to an activating group) is 3. The number of hydrogen-bond acceptors (Lipinski definition) is 7. The fraction of sp³-hybridized carbons (Fsp3) is 0.806. The van der Waals surface area contributed by atoms with Crippen molar-refractivity contribution in [1.82, 2.24) is 14.7 Å². The first-order valence-corrected chi connectivity index (χ1v) is 16.8. The molecule has 1 aliphatic rings. The van der Waals surface area contributed by atoms with E-state index in [0.717, 1.165) is 0 Å². The number of hydrogen-bond donors (Lipinski definition) is 1. The molecule has 0 aliphatic carbocycles. The molecular weight excluding hydrogens is 570 g/mol. The van der Waals surface area contributed by atoms with Gasteiger partial charge < -0.3 is 19.8 Å². The van der Waals surface area contributed by atoms with Gasteiger partial charge in [0.05, 0.1) is 17.8 Å². The van der Waals surface area contributed by atoms with Crippen molar-refractivity contribution in [3.8, 4) is 0 Å². The van der Waals surface area contributed by atoms with Gasteiger partial charge in [-0.2, -0.15) is 0 Å². The van der Waals surface area contributed by atoms with Crippen LogP contribution in [0.3, 0.4) is 0 Å². The molecule has 0 spiro atoms. The van der Waals surface area contributed by atoms with Gasteiger partial charge in [-0.15, -0.1) is 0 Å². The second kappa shape index (κ2) is 16.8. The van der Waals surface area contributed by atoms with Crippen molar-refractivity contribution in [1.29, 1.82) is 0 Å². The maximum absolute atomic E-state index is 14.1. The zero-order chi connectivity index (χ0) is 35.2. The standard InChI is InChI=1S/C36H63N3O6/c1-19(2)25-16-28(40)31(22(7)8)38(14)35(44)27(21(5)6)18-30(42)33(24(11)12)39(15)36(45)26(20(3)4)17-29(41)32(23(9)10)37(13)34(25)43/h19-23,25-27,31-32,36,45H,16-18H2,1-15H3. The molecule has 1 heterocycles. The number of carbonyl (C=O) groups excluding carboxylic acids is 5. The molecule has 258 valence electrons. The van der Waals surface area contributed by atoms with Crippen LogP contribution in [-0.4, -0.2) is 88.4 Å². The first-order valence-electron chi connectivity index (χ1n) is 16.8. The van der Waals surface area contributed by atoms with Crippen LogP contribution in [0.2, 0.25) is 0 Å². The molecular formula is C36H63N3O6. The predicted octanol–water partition coefficient (Wildman–Crippen LogP) is 5.20. The number of amides is 2. The lowest BCUT2D eigenvalue weighted by atomic mass is 9.81. The first-order chi connectivity index (χ1) is 20.6.